The zero-order valence-corrected chi connectivity index (χ0v) is 9.74. The highest BCUT2D eigenvalue weighted by Gasteiger charge is 2.33. The minimum Gasteiger partial charge on any atom is -0.319 e. The first-order chi connectivity index (χ1) is 6.96. The van der Waals surface area contributed by atoms with Gasteiger partial charge >= 0.3 is 6.18 Å². The second kappa shape index (κ2) is 4.99. The molecule has 0 fully saturated rings. The number of nitrogens with one attached hydrogen (secondary N) is 1. The molecule has 0 aliphatic rings. The third kappa shape index (κ3) is 3.21. The van der Waals surface area contributed by atoms with E-state index in [0.717, 1.165) is 6.07 Å². The summed E-state index contributed by atoms with van der Waals surface area (Å²) in [5.41, 5.74) is -0.258. The summed E-state index contributed by atoms with van der Waals surface area (Å²) in [6, 6.07) is 4.13. The second-order valence-corrected chi connectivity index (χ2v) is 3.97. The molecule has 84 valence electrons. The van der Waals surface area contributed by atoms with Crippen LogP contribution in [0.4, 0.5) is 13.2 Å². The van der Waals surface area contributed by atoms with Crippen LogP contribution in [0.3, 0.4) is 0 Å². The van der Waals surface area contributed by atoms with E-state index in [1.807, 2.05) is 0 Å². The van der Waals surface area contributed by atoms with Crippen molar-refractivity contribution in [2.75, 3.05) is 13.6 Å². The second-order valence-electron chi connectivity index (χ2n) is 3.12. The smallest absolute Gasteiger partial charge is 0.319 e. The first kappa shape index (κ1) is 12.5. The number of hydrogen-bond acceptors (Lipinski definition) is 1. The fourth-order valence-electron chi connectivity index (χ4n) is 1.33. The van der Waals surface area contributed by atoms with Crippen molar-refractivity contribution in [2.45, 2.75) is 12.6 Å². The molecule has 0 atom stereocenters. The van der Waals surface area contributed by atoms with E-state index in [1.54, 1.807) is 13.1 Å². The first-order valence-electron chi connectivity index (χ1n) is 4.46. The molecule has 0 bridgehead atoms. The van der Waals surface area contributed by atoms with Crippen LogP contribution in [0.25, 0.3) is 0 Å². The van der Waals surface area contributed by atoms with E-state index in [-0.39, 0.29) is 0 Å². The molecule has 0 saturated carbocycles. The summed E-state index contributed by atoms with van der Waals surface area (Å²) in [5.74, 6) is 0. The number of alkyl halides is 3. The van der Waals surface area contributed by atoms with E-state index in [9.17, 15) is 13.2 Å². The molecule has 1 aromatic rings. The van der Waals surface area contributed by atoms with Crippen LogP contribution in [-0.2, 0) is 12.6 Å². The van der Waals surface area contributed by atoms with Crippen LogP contribution in [-0.4, -0.2) is 13.6 Å². The van der Waals surface area contributed by atoms with Crippen LogP contribution in [0.1, 0.15) is 11.1 Å². The van der Waals surface area contributed by atoms with Crippen molar-refractivity contribution in [3.05, 3.63) is 33.8 Å². The average molecular weight is 282 g/mol. The molecular weight excluding hydrogens is 271 g/mol. The molecule has 15 heavy (non-hydrogen) atoms. The van der Waals surface area contributed by atoms with Crippen LogP contribution >= 0.6 is 15.9 Å². The van der Waals surface area contributed by atoms with Crippen molar-refractivity contribution < 1.29 is 13.2 Å². The maximum Gasteiger partial charge on any atom is 0.416 e. The van der Waals surface area contributed by atoms with Crippen molar-refractivity contribution in [3.63, 3.8) is 0 Å². The zero-order chi connectivity index (χ0) is 11.5. The van der Waals surface area contributed by atoms with Crippen LogP contribution in [0, 0.1) is 0 Å². The SMILES string of the molecule is CNCCc1c(Br)cccc1C(F)(F)F. The molecule has 0 heterocycles. The quantitative estimate of drug-likeness (QED) is 0.897. The summed E-state index contributed by atoms with van der Waals surface area (Å²) in [4.78, 5) is 0. The number of likely N-dealkylation sites (N-methyl/N-ethyl adjacent to an activating group) is 1. The Morgan fingerprint density at radius 3 is 2.53 bits per heavy atom. The van der Waals surface area contributed by atoms with Gasteiger partial charge in [0, 0.05) is 4.47 Å². The molecule has 0 unspecified atom stereocenters. The van der Waals surface area contributed by atoms with Gasteiger partial charge in [-0.25, -0.2) is 0 Å². The van der Waals surface area contributed by atoms with Crippen LogP contribution < -0.4 is 5.32 Å². The third-order valence-electron chi connectivity index (χ3n) is 2.05. The minimum atomic E-state index is -4.28. The van der Waals surface area contributed by atoms with Crippen molar-refractivity contribution in [1.29, 1.82) is 0 Å². The Labute approximate surface area is 94.8 Å². The molecule has 0 spiro atoms. The molecule has 0 aliphatic carbocycles. The predicted molar refractivity (Wildman–Crippen MR) is 56.8 cm³/mol. The van der Waals surface area contributed by atoms with Gasteiger partial charge in [-0.1, -0.05) is 22.0 Å². The van der Waals surface area contributed by atoms with Crippen LogP contribution in [0.2, 0.25) is 0 Å². The molecule has 0 saturated heterocycles. The molecule has 1 N–H and O–H groups in total. The number of halogens is 4. The molecule has 1 aromatic carbocycles. The topological polar surface area (TPSA) is 12.0 Å². The van der Waals surface area contributed by atoms with Crippen molar-refractivity contribution >= 4 is 15.9 Å². The molecule has 0 amide bonds. The van der Waals surface area contributed by atoms with E-state index in [2.05, 4.69) is 21.2 Å². The highest BCUT2D eigenvalue weighted by Crippen LogP contribution is 2.35. The third-order valence-corrected chi connectivity index (χ3v) is 2.79. The van der Waals surface area contributed by atoms with Gasteiger partial charge in [-0.2, -0.15) is 13.2 Å². The molecular formula is C10H11BrF3N. The van der Waals surface area contributed by atoms with Gasteiger partial charge in [0.2, 0.25) is 0 Å². The maximum absolute atomic E-state index is 12.6. The number of benzene rings is 1. The highest BCUT2D eigenvalue weighted by atomic mass is 79.9. The normalized spacial score (nSPS) is 11.8. The molecule has 0 radical (unpaired) electrons. The van der Waals surface area contributed by atoms with Gasteiger partial charge in [0.25, 0.3) is 0 Å². The Bertz CT molecular complexity index is 336. The maximum atomic E-state index is 12.6. The minimum absolute atomic E-state index is 0.305. The van der Waals surface area contributed by atoms with Gasteiger partial charge in [-0.3, -0.25) is 0 Å². The Morgan fingerprint density at radius 2 is 2.00 bits per heavy atom. The average Bonchev–Trinajstić information content (AvgIpc) is 2.14. The molecule has 5 heteroatoms. The fraction of sp³-hybridized carbons (Fsp3) is 0.400. The monoisotopic (exact) mass is 281 g/mol. The lowest BCUT2D eigenvalue weighted by molar-refractivity contribution is -0.138. The molecule has 1 rings (SSSR count). The van der Waals surface area contributed by atoms with Gasteiger partial charge < -0.3 is 5.32 Å². The van der Waals surface area contributed by atoms with E-state index in [1.165, 1.54) is 6.07 Å². The van der Waals surface area contributed by atoms with E-state index < -0.39 is 11.7 Å². The van der Waals surface area contributed by atoms with Gasteiger partial charge in [0.1, 0.15) is 0 Å². The Morgan fingerprint density at radius 1 is 1.33 bits per heavy atom. The van der Waals surface area contributed by atoms with Gasteiger partial charge in [-0.05, 0) is 37.7 Å². The van der Waals surface area contributed by atoms with Gasteiger partial charge in [0.05, 0.1) is 5.56 Å². The van der Waals surface area contributed by atoms with E-state index in [0.29, 0.717) is 23.0 Å². The van der Waals surface area contributed by atoms with Gasteiger partial charge in [-0.15, -0.1) is 0 Å². The zero-order valence-electron chi connectivity index (χ0n) is 8.16. The molecule has 1 nitrogen and oxygen atoms in total. The predicted octanol–water partition coefficient (Wildman–Crippen LogP) is 3.23. The summed E-state index contributed by atoms with van der Waals surface area (Å²) in [7, 11) is 1.71. The van der Waals surface area contributed by atoms with Crippen LogP contribution in [0.15, 0.2) is 22.7 Å². The Kier molecular flexibility index (Phi) is 4.16. The largest absolute Gasteiger partial charge is 0.416 e. The lowest BCUT2D eigenvalue weighted by Crippen LogP contribution is -2.15. The van der Waals surface area contributed by atoms with Crippen molar-refractivity contribution in [1.82, 2.24) is 5.32 Å². The number of hydrogen-bond donors (Lipinski definition) is 1. The van der Waals surface area contributed by atoms with Crippen LogP contribution in [0.5, 0.6) is 0 Å². The summed E-state index contributed by atoms with van der Waals surface area (Å²) in [6.45, 7) is 0.520. The lowest BCUT2D eigenvalue weighted by atomic mass is 10.0. The van der Waals surface area contributed by atoms with Crippen molar-refractivity contribution in [2.24, 2.45) is 0 Å². The first-order valence-corrected chi connectivity index (χ1v) is 5.25. The molecule has 0 aliphatic heterocycles. The Hall–Kier alpha value is -0.550. The molecule has 0 aromatic heterocycles. The van der Waals surface area contributed by atoms with E-state index in [4.69, 9.17) is 0 Å². The van der Waals surface area contributed by atoms with Gasteiger partial charge in [0.15, 0.2) is 0 Å². The van der Waals surface area contributed by atoms with Crippen molar-refractivity contribution in [3.8, 4) is 0 Å². The standard InChI is InChI=1S/C10H11BrF3N/c1-15-6-5-7-8(10(12,13)14)3-2-4-9(7)11/h2-4,15H,5-6H2,1H3. The summed E-state index contributed by atoms with van der Waals surface area (Å²) < 4.78 is 38.4. The highest BCUT2D eigenvalue weighted by molar-refractivity contribution is 9.10. The summed E-state index contributed by atoms with van der Waals surface area (Å²) in [6.07, 6.45) is -3.93. The summed E-state index contributed by atoms with van der Waals surface area (Å²) in [5, 5.41) is 2.83. The van der Waals surface area contributed by atoms with E-state index >= 15 is 0 Å². The lowest BCUT2D eigenvalue weighted by Gasteiger charge is -2.14. The number of rotatable bonds is 3. The Balaban J connectivity index is 3.09. The summed E-state index contributed by atoms with van der Waals surface area (Å²) >= 11 is 3.14. The fourth-order valence-corrected chi connectivity index (χ4v) is 1.89.